The first-order valence-corrected chi connectivity index (χ1v) is 6.56. The van der Waals surface area contributed by atoms with Crippen molar-refractivity contribution < 1.29 is 0 Å². The Kier molecular flexibility index (Phi) is 4.30. The number of benzene rings is 1. The third kappa shape index (κ3) is 3.54. The lowest BCUT2D eigenvalue weighted by molar-refractivity contribution is 1.04. The van der Waals surface area contributed by atoms with Crippen LogP contribution >= 0.6 is 0 Å². The smallest absolute Gasteiger partial charge is 0.252 e. The highest BCUT2D eigenvalue weighted by molar-refractivity contribution is 5.99. The molecule has 0 saturated heterocycles. The largest absolute Gasteiger partial charge is 0.291 e. The Hall–Kier alpha value is -2.43. The lowest BCUT2D eigenvalue weighted by Crippen LogP contribution is -2.11. The molecule has 2 N–H and O–H groups in total. The van der Waals surface area contributed by atoms with Crippen LogP contribution in [0.3, 0.4) is 0 Å². The Morgan fingerprint density at radius 3 is 2.65 bits per heavy atom. The van der Waals surface area contributed by atoms with Gasteiger partial charge in [0, 0.05) is 11.8 Å². The zero-order valence-electron chi connectivity index (χ0n) is 11.9. The van der Waals surface area contributed by atoms with E-state index in [-0.39, 0.29) is 5.56 Å². The van der Waals surface area contributed by atoms with Gasteiger partial charge in [-0.1, -0.05) is 31.2 Å². The van der Waals surface area contributed by atoms with Crippen molar-refractivity contribution in [2.45, 2.75) is 27.2 Å². The van der Waals surface area contributed by atoms with E-state index in [0.717, 1.165) is 17.7 Å². The molecule has 0 radical (unpaired) electrons. The SMILES string of the molecule is CCc1ccc(/C(C)=N/Nc2nc(C)cc(=O)[nH]2)cc1. The first-order chi connectivity index (χ1) is 9.58. The van der Waals surface area contributed by atoms with E-state index in [1.54, 1.807) is 6.92 Å². The molecule has 0 aliphatic heterocycles. The molecule has 104 valence electrons. The maximum atomic E-state index is 11.3. The van der Waals surface area contributed by atoms with E-state index < -0.39 is 0 Å². The van der Waals surface area contributed by atoms with Crippen molar-refractivity contribution in [2.24, 2.45) is 5.10 Å². The molecule has 20 heavy (non-hydrogen) atoms. The number of H-pyrrole nitrogens is 1. The molecule has 1 heterocycles. The summed E-state index contributed by atoms with van der Waals surface area (Å²) < 4.78 is 0. The van der Waals surface area contributed by atoms with Gasteiger partial charge in [-0.25, -0.2) is 10.4 Å². The van der Waals surface area contributed by atoms with Crippen LogP contribution in [-0.4, -0.2) is 15.7 Å². The van der Waals surface area contributed by atoms with Crippen molar-refractivity contribution in [3.05, 3.63) is 57.5 Å². The molecular weight excluding hydrogens is 252 g/mol. The molecule has 0 fully saturated rings. The molecule has 2 rings (SSSR count). The van der Waals surface area contributed by atoms with Crippen molar-refractivity contribution in [3.8, 4) is 0 Å². The lowest BCUT2D eigenvalue weighted by atomic mass is 10.1. The van der Waals surface area contributed by atoms with Crippen molar-refractivity contribution in [2.75, 3.05) is 5.43 Å². The fourth-order valence-corrected chi connectivity index (χ4v) is 1.82. The molecule has 0 bridgehead atoms. The maximum Gasteiger partial charge on any atom is 0.252 e. The van der Waals surface area contributed by atoms with E-state index in [4.69, 9.17) is 0 Å². The number of hydrazone groups is 1. The van der Waals surface area contributed by atoms with Gasteiger partial charge in [0.25, 0.3) is 5.56 Å². The predicted molar refractivity (Wildman–Crippen MR) is 81.2 cm³/mol. The number of aromatic nitrogens is 2. The van der Waals surface area contributed by atoms with Gasteiger partial charge in [-0.05, 0) is 31.4 Å². The van der Waals surface area contributed by atoms with Crippen LogP contribution in [0.2, 0.25) is 0 Å². The van der Waals surface area contributed by atoms with Crippen LogP contribution in [-0.2, 0) is 6.42 Å². The monoisotopic (exact) mass is 270 g/mol. The van der Waals surface area contributed by atoms with Gasteiger partial charge in [-0.2, -0.15) is 5.10 Å². The first-order valence-electron chi connectivity index (χ1n) is 6.56. The molecule has 1 aromatic carbocycles. The number of nitrogens with zero attached hydrogens (tertiary/aromatic N) is 2. The number of nitrogens with one attached hydrogen (secondary N) is 2. The van der Waals surface area contributed by atoms with Crippen molar-refractivity contribution in [1.29, 1.82) is 0 Å². The Bertz CT molecular complexity index is 671. The van der Waals surface area contributed by atoms with Gasteiger partial charge < -0.3 is 0 Å². The molecular formula is C15H18N4O. The van der Waals surface area contributed by atoms with Gasteiger partial charge in [-0.15, -0.1) is 0 Å². The van der Waals surface area contributed by atoms with Gasteiger partial charge in [0.1, 0.15) is 0 Å². The minimum absolute atomic E-state index is 0.194. The third-order valence-corrected chi connectivity index (χ3v) is 2.98. The van der Waals surface area contributed by atoms with E-state index in [9.17, 15) is 4.79 Å². The van der Waals surface area contributed by atoms with Crippen LogP contribution in [0.1, 0.15) is 30.7 Å². The molecule has 2 aromatic rings. The number of hydrogen-bond donors (Lipinski definition) is 2. The van der Waals surface area contributed by atoms with Gasteiger partial charge in [-0.3, -0.25) is 9.78 Å². The summed E-state index contributed by atoms with van der Waals surface area (Å²) in [6.45, 7) is 5.79. The minimum Gasteiger partial charge on any atom is -0.291 e. The quantitative estimate of drug-likeness (QED) is 0.662. The summed E-state index contributed by atoms with van der Waals surface area (Å²) in [5.74, 6) is 0.347. The second kappa shape index (κ2) is 6.14. The summed E-state index contributed by atoms with van der Waals surface area (Å²) in [5, 5.41) is 4.24. The Morgan fingerprint density at radius 1 is 1.35 bits per heavy atom. The fraction of sp³-hybridized carbons (Fsp3) is 0.267. The fourth-order valence-electron chi connectivity index (χ4n) is 1.82. The average molecular weight is 270 g/mol. The van der Waals surface area contributed by atoms with Crippen LogP contribution in [0.4, 0.5) is 5.95 Å². The summed E-state index contributed by atoms with van der Waals surface area (Å²) >= 11 is 0. The minimum atomic E-state index is -0.194. The van der Waals surface area contributed by atoms with E-state index >= 15 is 0 Å². The molecule has 5 heteroatoms. The summed E-state index contributed by atoms with van der Waals surface area (Å²) in [4.78, 5) is 18.1. The number of aryl methyl sites for hydroxylation is 2. The van der Waals surface area contributed by atoms with Gasteiger partial charge >= 0.3 is 0 Å². The molecule has 0 amide bonds. The van der Waals surface area contributed by atoms with Crippen LogP contribution in [0, 0.1) is 6.92 Å². The summed E-state index contributed by atoms with van der Waals surface area (Å²) in [5.41, 5.74) is 6.38. The zero-order chi connectivity index (χ0) is 14.5. The predicted octanol–water partition coefficient (Wildman–Crippen LogP) is 2.48. The van der Waals surface area contributed by atoms with Gasteiger partial charge in [0.2, 0.25) is 5.95 Å². The summed E-state index contributed by atoms with van der Waals surface area (Å²) in [7, 11) is 0. The molecule has 0 aliphatic rings. The summed E-state index contributed by atoms with van der Waals surface area (Å²) in [6.07, 6.45) is 1.02. The normalized spacial score (nSPS) is 11.4. The van der Waals surface area contributed by atoms with Crippen LogP contribution < -0.4 is 11.0 Å². The number of anilines is 1. The average Bonchev–Trinajstić information content (AvgIpc) is 2.44. The molecule has 5 nitrogen and oxygen atoms in total. The van der Waals surface area contributed by atoms with Gasteiger partial charge in [0.15, 0.2) is 0 Å². The number of aromatic amines is 1. The van der Waals surface area contributed by atoms with Gasteiger partial charge in [0.05, 0.1) is 5.71 Å². The van der Waals surface area contributed by atoms with Crippen LogP contribution in [0.25, 0.3) is 0 Å². The lowest BCUT2D eigenvalue weighted by Gasteiger charge is -2.04. The maximum absolute atomic E-state index is 11.3. The third-order valence-electron chi connectivity index (χ3n) is 2.98. The highest BCUT2D eigenvalue weighted by Crippen LogP contribution is 2.07. The van der Waals surface area contributed by atoms with Crippen molar-refractivity contribution in [3.63, 3.8) is 0 Å². The molecule has 0 saturated carbocycles. The van der Waals surface area contributed by atoms with Crippen molar-refractivity contribution in [1.82, 2.24) is 9.97 Å². The van der Waals surface area contributed by atoms with E-state index in [1.807, 2.05) is 19.1 Å². The Balaban J connectivity index is 2.15. The first kappa shape index (κ1) is 14.0. The Morgan fingerprint density at radius 2 is 2.05 bits per heavy atom. The highest BCUT2D eigenvalue weighted by atomic mass is 16.1. The highest BCUT2D eigenvalue weighted by Gasteiger charge is 1.99. The zero-order valence-corrected chi connectivity index (χ0v) is 11.9. The molecule has 1 aromatic heterocycles. The van der Waals surface area contributed by atoms with Crippen LogP contribution in [0.15, 0.2) is 40.2 Å². The van der Waals surface area contributed by atoms with Crippen molar-refractivity contribution >= 4 is 11.7 Å². The van der Waals surface area contributed by atoms with E-state index in [2.05, 4.69) is 39.6 Å². The molecule has 0 spiro atoms. The second-order valence-corrected chi connectivity index (χ2v) is 4.59. The van der Waals surface area contributed by atoms with Crippen LogP contribution in [0.5, 0.6) is 0 Å². The van der Waals surface area contributed by atoms with E-state index in [0.29, 0.717) is 11.6 Å². The number of rotatable bonds is 4. The Labute approximate surface area is 117 Å². The standard InChI is InChI=1S/C15H18N4O/c1-4-12-5-7-13(8-6-12)11(3)18-19-15-16-10(2)9-14(20)17-15/h5-9H,4H2,1-3H3,(H2,16,17,19,20)/b18-11+. The molecule has 0 unspecified atom stereocenters. The summed E-state index contributed by atoms with van der Waals surface area (Å²) in [6, 6.07) is 9.67. The molecule has 0 aliphatic carbocycles. The van der Waals surface area contributed by atoms with E-state index in [1.165, 1.54) is 11.6 Å². The molecule has 0 atom stereocenters. The number of hydrogen-bond acceptors (Lipinski definition) is 4. The second-order valence-electron chi connectivity index (χ2n) is 4.59. The topological polar surface area (TPSA) is 70.1 Å².